The molecule has 2 atom stereocenters. The number of aromatic nitrogens is 2. The van der Waals surface area contributed by atoms with E-state index in [1.165, 1.54) is 35.5 Å². The van der Waals surface area contributed by atoms with Crippen LogP contribution in [0, 0.1) is 0 Å². The molecule has 0 amide bonds. The zero-order chi connectivity index (χ0) is 17.3. The maximum absolute atomic E-state index is 5.71. The number of oxazole rings is 1. The SMILES string of the molecule is c1csc(-c2nc(C[NH+]3CCCC[C@H]3c3nc4ccccc4s3)co2)c1. The number of rotatable bonds is 4. The average Bonchev–Trinajstić information content (AvgIpc) is 3.42. The highest BCUT2D eigenvalue weighted by atomic mass is 32.1. The van der Waals surface area contributed by atoms with Gasteiger partial charge in [-0.1, -0.05) is 18.2 Å². The van der Waals surface area contributed by atoms with Crippen molar-refractivity contribution in [2.45, 2.75) is 31.8 Å². The van der Waals surface area contributed by atoms with Gasteiger partial charge in [0.05, 0.1) is 21.6 Å². The quantitative estimate of drug-likeness (QED) is 0.571. The minimum atomic E-state index is 0.461. The number of nitrogens with zero attached hydrogens (tertiary/aromatic N) is 2. The number of quaternary nitrogens is 1. The first-order valence-corrected chi connectivity index (χ1v) is 10.7. The van der Waals surface area contributed by atoms with Crippen LogP contribution in [0.5, 0.6) is 0 Å². The molecular formula is C20H20N3OS2+. The lowest BCUT2D eigenvalue weighted by Crippen LogP contribution is -3.11. The van der Waals surface area contributed by atoms with Crippen molar-refractivity contribution in [2.24, 2.45) is 0 Å². The minimum absolute atomic E-state index is 0.461. The van der Waals surface area contributed by atoms with E-state index in [2.05, 4.69) is 35.7 Å². The first-order valence-electron chi connectivity index (χ1n) is 9.05. The number of likely N-dealkylation sites (tertiary alicyclic amines) is 1. The summed E-state index contributed by atoms with van der Waals surface area (Å²) < 4.78 is 7.00. The Morgan fingerprint density at radius 2 is 2.08 bits per heavy atom. The first-order chi connectivity index (χ1) is 12.9. The molecule has 0 spiro atoms. The molecule has 1 aliphatic heterocycles. The summed E-state index contributed by atoms with van der Waals surface area (Å²) in [5, 5.41) is 3.32. The van der Waals surface area contributed by atoms with Crippen LogP contribution < -0.4 is 4.90 Å². The first kappa shape index (κ1) is 16.2. The van der Waals surface area contributed by atoms with Crippen molar-refractivity contribution >= 4 is 32.9 Å². The highest BCUT2D eigenvalue weighted by molar-refractivity contribution is 7.18. The third-order valence-electron chi connectivity index (χ3n) is 5.03. The fraction of sp³-hybridized carbons (Fsp3) is 0.300. The summed E-state index contributed by atoms with van der Waals surface area (Å²) in [5.41, 5.74) is 2.16. The molecule has 132 valence electrons. The van der Waals surface area contributed by atoms with Gasteiger partial charge in [0.2, 0.25) is 5.89 Å². The summed E-state index contributed by atoms with van der Waals surface area (Å²) >= 11 is 3.51. The normalized spacial score (nSPS) is 20.6. The molecular weight excluding hydrogens is 362 g/mol. The van der Waals surface area contributed by atoms with Crippen molar-refractivity contribution in [1.82, 2.24) is 9.97 Å². The third-order valence-corrected chi connectivity index (χ3v) is 7.04. The third kappa shape index (κ3) is 3.09. The van der Waals surface area contributed by atoms with Crippen molar-refractivity contribution in [3.63, 3.8) is 0 Å². The van der Waals surface area contributed by atoms with Gasteiger partial charge >= 0.3 is 0 Å². The van der Waals surface area contributed by atoms with Crippen LogP contribution >= 0.6 is 22.7 Å². The van der Waals surface area contributed by atoms with E-state index >= 15 is 0 Å². The van der Waals surface area contributed by atoms with Gasteiger partial charge in [-0.15, -0.1) is 22.7 Å². The molecule has 0 bridgehead atoms. The van der Waals surface area contributed by atoms with E-state index in [0.717, 1.165) is 28.5 Å². The molecule has 3 aromatic heterocycles. The fourth-order valence-electron chi connectivity index (χ4n) is 3.76. The number of thiazole rings is 1. The predicted octanol–water partition coefficient (Wildman–Crippen LogP) is 4.32. The molecule has 1 N–H and O–H groups in total. The molecule has 0 saturated carbocycles. The van der Waals surface area contributed by atoms with Crippen LogP contribution in [0.3, 0.4) is 0 Å². The zero-order valence-corrected chi connectivity index (χ0v) is 16.0. The lowest BCUT2D eigenvalue weighted by Gasteiger charge is -2.30. The molecule has 4 aromatic rings. The number of para-hydroxylation sites is 1. The molecule has 1 aliphatic rings. The number of nitrogens with one attached hydrogen (secondary N) is 1. The maximum Gasteiger partial charge on any atom is 0.236 e. The van der Waals surface area contributed by atoms with Crippen molar-refractivity contribution in [3.8, 4) is 10.8 Å². The van der Waals surface area contributed by atoms with Crippen LogP contribution in [-0.2, 0) is 6.54 Å². The van der Waals surface area contributed by atoms with Gasteiger partial charge in [0.15, 0.2) is 5.01 Å². The fourth-order valence-corrected chi connectivity index (χ4v) is 5.58. The number of hydrogen-bond donors (Lipinski definition) is 1. The van der Waals surface area contributed by atoms with Gasteiger partial charge in [0, 0.05) is 6.42 Å². The van der Waals surface area contributed by atoms with Crippen LogP contribution in [0.15, 0.2) is 52.5 Å². The zero-order valence-electron chi connectivity index (χ0n) is 14.4. The molecule has 1 fully saturated rings. The van der Waals surface area contributed by atoms with Crippen molar-refractivity contribution in [2.75, 3.05) is 6.54 Å². The molecule has 6 heteroatoms. The molecule has 26 heavy (non-hydrogen) atoms. The van der Waals surface area contributed by atoms with Gasteiger partial charge in [0.25, 0.3) is 0 Å². The number of fused-ring (bicyclic) bond motifs is 1. The number of thiophene rings is 1. The van der Waals surface area contributed by atoms with Gasteiger partial charge in [-0.05, 0) is 36.4 Å². The number of piperidine rings is 1. The highest BCUT2D eigenvalue weighted by Gasteiger charge is 2.31. The van der Waals surface area contributed by atoms with Gasteiger partial charge in [-0.3, -0.25) is 0 Å². The van der Waals surface area contributed by atoms with Crippen LogP contribution in [0.4, 0.5) is 0 Å². The van der Waals surface area contributed by atoms with Crippen molar-refractivity contribution in [3.05, 3.63) is 58.7 Å². The smallest absolute Gasteiger partial charge is 0.236 e. The largest absolute Gasteiger partial charge is 0.443 e. The van der Waals surface area contributed by atoms with E-state index < -0.39 is 0 Å². The summed E-state index contributed by atoms with van der Waals surface area (Å²) in [5.74, 6) is 0.739. The molecule has 0 radical (unpaired) electrons. The lowest BCUT2D eigenvalue weighted by molar-refractivity contribution is -0.950. The second kappa shape index (κ2) is 6.95. The van der Waals surface area contributed by atoms with Gasteiger partial charge in [-0.25, -0.2) is 9.97 Å². The Labute approximate surface area is 160 Å². The van der Waals surface area contributed by atoms with Crippen molar-refractivity contribution in [1.29, 1.82) is 0 Å². The van der Waals surface area contributed by atoms with E-state index in [4.69, 9.17) is 14.4 Å². The van der Waals surface area contributed by atoms with Gasteiger partial charge in [0.1, 0.15) is 24.5 Å². The summed E-state index contributed by atoms with van der Waals surface area (Å²) in [6.45, 7) is 2.07. The monoisotopic (exact) mass is 382 g/mol. The molecule has 1 saturated heterocycles. The second-order valence-electron chi connectivity index (χ2n) is 6.77. The maximum atomic E-state index is 5.71. The molecule has 5 rings (SSSR count). The Kier molecular flexibility index (Phi) is 4.32. The summed E-state index contributed by atoms with van der Waals surface area (Å²) in [6, 6.07) is 13.0. The summed E-state index contributed by atoms with van der Waals surface area (Å²) in [6.07, 6.45) is 5.58. The van der Waals surface area contributed by atoms with E-state index in [-0.39, 0.29) is 0 Å². The molecule has 4 nitrogen and oxygen atoms in total. The summed E-state index contributed by atoms with van der Waals surface area (Å²) in [7, 11) is 0. The van der Waals surface area contributed by atoms with Crippen molar-refractivity contribution < 1.29 is 9.32 Å². The standard InChI is InChI=1S/C20H19N3OS2/c1-2-8-17-15(6-1)22-20(26-17)16-7-3-4-10-23(16)12-14-13-24-19(21-14)18-9-5-11-25-18/h1-2,5-6,8-9,11,13,16H,3-4,7,10,12H2/p+1/t16-/m0/s1. The van der Waals surface area contributed by atoms with E-state index in [1.807, 2.05) is 23.7 Å². The van der Waals surface area contributed by atoms with Crippen LogP contribution in [0.2, 0.25) is 0 Å². The van der Waals surface area contributed by atoms with E-state index in [0.29, 0.717) is 6.04 Å². The highest BCUT2D eigenvalue weighted by Crippen LogP contribution is 2.29. The predicted molar refractivity (Wildman–Crippen MR) is 106 cm³/mol. The number of hydrogen-bond acceptors (Lipinski definition) is 5. The molecule has 1 aromatic carbocycles. The van der Waals surface area contributed by atoms with Gasteiger partial charge < -0.3 is 9.32 Å². The minimum Gasteiger partial charge on any atom is -0.443 e. The van der Waals surface area contributed by atoms with Crippen LogP contribution in [0.1, 0.15) is 36.0 Å². The molecule has 1 unspecified atom stereocenters. The molecule has 0 aliphatic carbocycles. The Balaban J connectivity index is 1.39. The molecule has 4 heterocycles. The second-order valence-corrected chi connectivity index (χ2v) is 8.78. The Morgan fingerprint density at radius 1 is 1.12 bits per heavy atom. The Bertz CT molecular complexity index is 972. The van der Waals surface area contributed by atoms with Crippen LogP contribution in [-0.4, -0.2) is 16.5 Å². The lowest BCUT2D eigenvalue weighted by atomic mass is 10.0. The summed E-state index contributed by atoms with van der Waals surface area (Å²) in [4.78, 5) is 12.3. The van der Waals surface area contributed by atoms with Crippen LogP contribution in [0.25, 0.3) is 21.0 Å². The van der Waals surface area contributed by atoms with E-state index in [9.17, 15) is 0 Å². The number of benzene rings is 1. The average molecular weight is 383 g/mol. The topological polar surface area (TPSA) is 43.4 Å². The van der Waals surface area contributed by atoms with E-state index in [1.54, 1.807) is 16.2 Å². The Hall–Kier alpha value is -2.02. The van der Waals surface area contributed by atoms with Gasteiger partial charge in [-0.2, -0.15) is 0 Å². The Morgan fingerprint density at radius 3 is 2.96 bits per heavy atom.